The minimum absolute atomic E-state index is 0.0363. The molecule has 3 aliphatic rings. The van der Waals surface area contributed by atoms with Crippen molar-refractivity contribution in [3.05, 3.63) is 87.3 Å². The number of hydrogen-bond donors (Lipinski definition) is 1. The number of amides is 2. The normalized spacial score (nSPS) is 25.6. The van der Waals surface area contributed by atoms with E-state index in [-0.39, 0.29) is 29.4 Å². The van der Waals surface area contributed by atoms with Crippen LogP contribution in [0.2, 0.25) is 10.0 Å². The quantitative estimate of drug-likeness (QED) is 0.448. The van der Waals surface area contributed by atoms with Gasteiger partial charge in [0.05, 0.1) is 23.4 Å². The van der Waals surface area contributed by atoms with Gasteiger partial charge in [-0.15, -0.1) is 0 Å². The van der Waals surface area contributed by atoms with Crippen molar-refractivity contribution in [2.45, 2.75) is 50.4 Å². The lowest BCUT2D eigenvalue weighted by molar-refractivity contribution is -0.132. The maximum absolute atomic E-state index is 15.9. The molecule has 1 aromatic heterocycles. The van der Waals surface area contributed by atoms with Crippen LogP contribution in [0.3, 0.4) is 0 Å². The van der Waals surface area contributed by atoms with E-state index >= 15 is 4.39 Å². The summed E-state index contributed by atoms with van der Waals surface area (Å²) in [5, 5.41) is 3.45. The lowest BCUT2D eigenvalue weighted by Gasteiger charge is -2.40. The van der Waals surface area contributed by atoms with Crippen molar-refractivity contribution in [1.82, 2.24) is 14.8 Å². The van der Waals surface area contributed by atoms with Crippen molar-refractivity contribution in [2.24, 2.45) is 0 Å². The minimum atomic E-state index is -1.35. The van der Waals surface area contributed by atoms with Gasteiger partial charge in [0.25, 0.3) is 0 Å². The number of rotatable bonds is 5. The molecule has 4 heterocycles. The number of carbonyl (C=O) groups is 2. The number of likely N-dealkylation sites (tertiary alicyclic amines) is 2. The molecule has 39 heavy (non-hydrogen) atoms. The van der Waals surface area contributed by atoms with Gasteiger partial charge in [-0.2, -0.15) is 0 Å². The monoisotopic (exact) mass is 568 g/mol. The van der Waals surface area contributed by atoms with E-state index in [1.165, 1.54) is 13.0 Å². The van der Waals surface area contributed by atoms with E-state index in [1.54, 1.807) is 35.2 Å². The number of carbonyl (C=O) groups excluding carboxylic acids is 2. The third kappa shape index (κ3) is 3.91. The SMILES string of the molecule is CCOc1cccc(CN2[C@H]3CCN(C(C)=O)C3[C@H](c3cccc(Cl)c3F)[C@]23C(=O)Nc2cc(Cl)ccc23)n1. The van der Waals surface area contributed by atoms with Crippen LogP contribution in [-0.4, -0.2) is 51.8 Å². The van der Waals surface area contributed by atoms with Crippen LogP contribution in [0.25, 0.3) is 0 Å². The van der Waals surface area contributed by atoms with Gasteiger partial charge in [-0.05, 0) is 43.2 Å². The molecule has 10 heteroatoms. The number of aromatic nitrogens is 1. The Bertz CT molecular complexity index is 1490. The second-order valence-electron chi connectivity index (χ2n) is 10.1. The highest BCUT2D eigenvalue weighted by molar-refractivity contribution is 6.31. The maximum atomic E-state index is 15.9. The summed E-state index contributed by atoms with van der Waals surface area (Å²) in [7, 11) is 0. The molecule has 1 N–H and O–H groups in total. The van der Waals surface area contributed by atoms with E-state index in [0.717, 1.165) is 0 Å². The number of pyridine rings is 1. The first kappa shape index (κ1) is 26.0. The average molecular weight is 569 g/mol. The summed E-state index contributed by atoms with van der Waals surface area (Å²) in [6, 6.07) is 14.9. The lowest BCUT2D eigenvalue weighted by Crippen LogP contribution is -2.52. The molecule has 2 saturated heterocycles. The third-order valence-corrected chi connectivity index (χ3v) is 8.71. The van der Waals surface area contributed by atoms with Gasteiger partial charge in [0.15, 0.2) is 0 Å². The van der Waals surface area contributed by atoms with E-state index < -0.39 is 23.3 Å². The zero-order chi connectivity index (χ0) is 27.5. The molecule has 4 atom stereocenters. The molecule has 7 nitrogen and oxygen atoms in total. The predicted octanol–water partition coefficient (Wildman–Crippen LogP) is 5.36. The standard InChI is InChI=1S/C29H27Cl2FN4O3/c1-3-39-24-9-4-6-18(33-24)15-36-23-12-13-35(16(2)37)27(23)25(19-7-5-8-21(31)26(19)32)29(36)20-11-10-17(30)14-22(20)34-28(29)38/h4-11,14,23,25,27H,3,12-13,15H2,1-2H3,(H,34,38)/t23-,25-,27?,29+/m0/s1. The summed E-state index contributed by atoms with van der Waals surface area (Å²) < 4.78 is 21.5. The number of nitrogens with zero attached hydrogens (tertiary/aromatic N) is 3. The number of nitrogens with one attached hydrogen (secondary N) is 1. The van der Waals surface area contributed by atoms with Gasteiger partial charge < -0.3 is 15.0 Å². The van der Waals surface area contributed by atoms with Gasteiger partial charge in [0, 0.05) is 54.3 Å². The average Bonchev–Trinajstić information content (AvgIpc) is 3.53. The van der Waals surface area contributed by atoms with Crippen molar-refractivity contribution in [3.8, 4) is 5.88 Å². The Morgan fingerprint density at radius 1 is 1.21 bits per heavy atom. The second-order valence-corrected chi connectivity index (χ2v) is 11.0. The number of fused-ring (bicyclic) bond motifs is 3. The Morgan fingerprint density at radius 2 is 2.00 bits per heavy atom. The van der Waals surface area contributed by atoms with Crippen LogP contribution in [0, 0.1) is 5.82 Å². The molecule has 3 aromatic rings. The Balaban J connectivity index is 1.61. The van der Waals surface area contributed by atoms with E-state index in [9.17, 15) is 9.59 Å². The summed E-state index contributed by atoms with van der Waals surface area (Å²) in [4.78, 5) is 35.8. The van der Waals surface area contributed by atoms with Crippen LogP contribution in [0.5, 0.6) is 5.88 Å². The molecule has 202 valence electrons. The fraction of sp³-hybridized carbons (Fsp3) is 0.345. The fourth-order valence-corrected chi connectivity index (χ4v) is 7.20. The molecule has 2 aromatic carbocycles. The topological polar surface area (TPSA) is 74.8 Å². The summed E-state index contributed by atoms with van der Waals surface area (Å²) in [6.07, 6.45) is 0.617. The molecule has 0 radical (unpaired) electrons. The first-order chi connectivity index (χ1) is 18.8. The molecule has 2 amide bonds. The Labute approximate surface area is 235 Å². The number of anilines is 1. The molecule has 0 saturated carbocycles. The number of ether oxygens (including phenoxy) is 1. The third-order valence-electron chi connectivity index (χ3n) is 8.18. The van der Waals surface area contributed by atoms with E-state index in [1.807, 2.05) is 25.1 Å². The Hall–Kier alpha value is -3.20. The van der Waals surface area contributed by atoms with Crippen molar-refractivity contribution >= 4 is 40.7 Å². The first-order valence-electron chi connectivity index (χ1n) is 13.0. The van der Waals surface area contributed by atoms with E-state index in [2.05, 4.69) is 15.2 Å². The van der Waals surface area contributed by atoms with Crippen molar-refractivity contribution in [1.29, 1.82) is 0 Å². The van der Waals surface area contributed by atoms with Gasteiger partial charge in [-0.25, -0.2) is 9.37 Å². The van der Waals surface area contributed by atoms with Gasteiger partial charge >= 0.3 is 0 Å². The lowest BCUT2D eigenvalue weighted by atomic mass is 9.73. The highest BCUT2D eigenvalue weighted by Gasteiger charge is 2.69. The minimum Gasteiger partial charge on any atom is -0.478 e. The van der Waals surface area contributed by atoms with Crippen LogP contribution < -0.4 is 10.1 Å². The molecule has 1 spiro atoms. The number of benzene rings is 2. The molecule has 1 unspecified atom stereocenters. The van der Waals surface area contributed by atoms with Gasteiger partial charge in [-0.1, -0.05) is 47.5 Å². The summed E-state index contributed by atoms with van der Waals surface area (Å²) in [5.41, 5.74) is 0.887. The Kier molecular flexibility index (Phi) is 6.52. The van der Waals surface area contributed by atoms with E-state index in [0.29, 0.717) is 53.0 Å². The number of halogens is 3. The highest BCUT2D eigenvalue weighted by atomic mass is 35.5. The van der Waals surface area contributed by atoms with Crippen molar-refractivity contribution in [3.63, 3.8) is 0 Å². The highest BCUT2D eigenvalue weighted by Crippen LogP contribution is 2.61. The van der Waals surface area contributed by atoms with Gasteiger partial charge in [0.1, 0.15) is 11.4 Å². The Morgan fingerprint density at radius 3 is 2.77 bits per heavy atom. The smallest absolute Gasteiger partial charge is 0.250 e. The fourth-order valence-electron chi connectivity index (χ4n) is 6.84. The van der Waals surface area contributed by atoms with Crippen LogP contribution in [0.4, 0.5) is 10.1 Å². The van der Waals surface area contributed by atoms with Gasteiger partial charge in [-0.3, -0.25) is 14.5 Å². The van der Waals surface area contributed by atoms with Crippen LogP contribution in [-0.2, 0) is 21.7 Å². The first-order valence-corrected chi connectivity index (χ1v) is 13.7. The summed E-state index contributed by atoms with van der Waals surface area (Å²) in [5.74, 6) is -1.28. The van der Waals surface area contributed by atoms with Crippen molar-refractivity contribution in [2.75, 3.05) is 18.5 Å². The summed E-state index contributed by atoms with van der Waals surface area (Å²) >= 11 is 12.6. The molecule has 0 bridgehead atoms. The largest absolute Gasteiger partial charge is 0.478 e. The predicted molar refractivity (Wildman–Crippen MR) is 146 cm³/mol. The van der Waals surface area contributed by atoms with Crippen LogP contribution in [0.15, 0.2) is 54.6 Å². The van der Waals surface area contributed by atoms with E-state index in [4.69, 9.17) is 27.9 Å². The summed E-state index contributed by atoms with van der Waals surface area (Å²) in [6.45, 7) is 4.64. The van der Waals surface area contributed by atoms with Crippen LogP contribution >= 0.6 is 23.2 Å². The molecular weight excluding hydrogens is 542 g/mol. The zero-order valence-electron chi connectivity index (χ0n) is 21.5. The zero-order valence-corrected chi connectivity index (χ0v) is 23.0. The van der Waals surface area contributed by atoms with Gasteiger partial charge in [0.2, 0.25) is 17.7 Å². The number of hydrogen-bond acceptors (Lipinski definition) is 5. The molecular formula is C29H27Cl2FN4O3. The maximum Gasteiger partial charge on any atom is 0.250 e. The molecule has 2 fully saturated rings. The van der Waals surface area contributed by atoms with Crippen molar-refractivity contribution < 1.29 is 18.7 Å². The molecule has 6 rings (SSSR count). The second kappa shape index (κ2) is 9.77. The molecule has 3 aliphatic heterocycles. The van der Waals surface area contributed by atoms with Crippen LogP contribution in [0.1, 0.15) is 43.0 Å². The molecule has 0 aliphatic carbocycles.